The highest BCUT2D eigenvalue weighted by atomic mass is 79.9. The second-order valence-corrected chi connectivity index (χ2v) is 10.9. The first-order valence-corrected chi connectivity index (χ1v) is 12.3. The van der Waals surface area contributed by atoms with Crippen molar-refractivity contribution in [3.8, 4) is 0 Å². The predicted molar refractivity (Wildman–Crippen MR) is 118 cm³/mol. The minimum absolute atomic E-state index is 0.0118. The fraction of sp³-hybridized carbons (Fsp3) is 0.364. The maximum atomic E-state index is 13.2. The Balaban J connectivity index is 1.45. The summed E-state index contributed by atoms with van der Waals surface area (Å²) in [6.07, 6.45) is 2.72. The van der Waals surface area contributed by atoms with Crippen LogP contribution in [0.4, 0.5) is 0 Å². The molecule has 2 aliphatic rings. The molecule has 1 fully saturated rings. The van der Waals surface area contributed by atoms with E-state index in [1.165, 1.54) is 22.2 Å². The molecule has 7 heteroatoms. The maximum absolute atomic E-state index is 13.2. The number of aromatic nitrogens is 1. The van der Waals surface area contributed by atoms with Crippen molar-refractivity contribution >= 4 is 36.9 Å². The molecule has 1 N–H and O–H groups in total. The molecule has 2 atom stereocenters. The molecule has 0 aliphatic carbocycles. The standard InChI is InChI=1S/C22H24BrN3O2S/c1-25(29(27,28)17-8-6-15(23)7-9-17)16-10-12-26-13-11-19-18-4-2-3-5-20(18)24-22(19)21(26)14-16/h2-9,16,21,24H,10-14H2,1H3/t16-,21+/m1/s1. The monoisotopic (exact) mass is 473 g/mol. The average molecular weight is 474 g/mol. The zero-order valence-electron chi connectivity index (χ0n) is 16.3. The molecular formula is C22H24BrN3O2S. The lowest BCUT2D eigenvalue weighted by atomic mass is 9.88. The highest BCUT2D eigenvalue weighted by molar-refractivity contribution is 9.10. The Labute approximate surface area is 179 Å². The van der Waals surface area contributed by atoms with Gasteiger partial charge in [0, 0.05) is 47.2 Å². The van der Waals surface area contributed by atoms with Crippen LogP contribution in [0.25, 0.3) is 10.9 Å². The van der Waals surface area contributed by atoms with Crippen molar-refractivity contribution in [2.24, 2.45) is 0 Å². The Morgan fingerprint density at radius 3 is 2.66 bits per heavy atom. The van der Waals surface area contributed by atoms with Crippen molar-refractivity contribution < 1.29 is 8.42 Å². The molecule has 152 valence electrons. The third-order valence-electron chi connectivity index (χ3n) is 6.52. The lowest BCUT2D eigenvalue weighted by molar-refractivity contribution is 0.0949. The zero-order chi connectivity index (χ0) is 20.2. The van der Waals surface area contributed by atoms with Crippen LogP contribution >= 0.6 is 15.9 Å². The van der Waals surface area contributed by atoms with Crippen LogP contribution in [-0.2, 0) is 16.4 Å². The number of hydrogen-bond acceptors (Lipinski definition) is 3. The van der Waals surface area contributed by atoms with Gasteiger partial charge >= 0.3 is 0 Å². The highest BCUT2D eigenvalue weighted by Crippen LogP contribution is 2.41. The number of hydrogen-bond donors (Lipinski definition) is 1. The number of aromatic amines is 1. The van der Waals surface area contributed by atoms with Crippen molar-refractivity contribution in [2.45, 2.75) is 36.2 Å². The van der Waals surface area contributed by atoms with Crippen LogP contribution in [0, 0.1) is 0 Å². The summed E-state index contributed by atoms with van der Waals surface area (Å²) in [4.78, 5) is 6.49. The van der Waals surface area contributed by atoms with E-state index in [1.807, 2.05) is 0 Å². The van der Waals surface area contributed by atoms with Crippen molar-refractivity contribution in [3.63, 3.8) is 0 Å². The summed E-state index contributed by atoms with van der Waals surface area (Å²) in [7, 11) is -1.78. The molecule has 2 aliphatic heterocycles. The SMILES string of the molecule is CN([C@@H]1CCN2CCc3c([nH]c4ccccc34)[C@@H]2C1)S(=O)(=O)c1ccc(Br)cc1. The van der Waals surface area contributed by atoms with Gasteiger partial charge in [0.15, 0.2) is 0 Å². The summed E-state index contributed by atoms with van der Waals surface area (Å²) in [6, 6.07) is 15.6. The number of halogens is 1. The van der Waals surface area contributed by atoms with E-state index < -0.39 is 10.0 Å². The Morgan fingerprint density at radius 1 is 1.10 bits per heavy atom. The second kappa shape index (κ2) is 7.23. The summed E-state index contributed by atoms with van der Waals surface area (Å²) in [5.74, 6) is 0. The van der Waals surface area contributed by atoms with Crippen LogP contribution < -0.4 is 0 Å². The molecule has 5 rings (SSSR count). The zero-order valence-corrected chi connectivity index (χ0v) is 18.7. The quantitative estimate of drug-likeness (QED) is 0.616. The first-order valence-electron chi connectivity index (χ1n) is 10.0. The molecule has 3 aromatic rings. The normalized spacial score (nSPS) is 22.6. The van der Waals surface area contributed by atoms with Gasteiger partial charge in [-0.2, -0.15) is 4.31 Å². The number of fused-ring (bicyclic) bond motifs is 5. The summed E-state index contributed by atoms with van der Waals surface area (Å²) in [5, 5.41) is 1.31. The molecule has 0 bridgehead atoms. The van der Waals surface area contributed by atoms with E-state index in [4.69, 9.17) is 0 Å². The van der Waals surface area contributed by atoms with Gasteiger partial charge in [0.1, 0.15) is 0 Å². The molecular weight excluding hydrogens is 450 g/mol. The van der Waals surface area contributed by atoms with Gasteiger partial charge in [-0.3, -0.25) is 4.90 Å². The first kappa shape index (κ1) is 19.3. The number of benzene rings is 2. The van der Waals surface area contributed by atoms with E-state index in [2.05, 4.69) is 50.1 Å². The largest absolute Gasteiger partial charge is 0.357 e. The van der Waals surface area contributed by atoms with E-state index in [0.29, 0.717) is 4.90 Å². The van der Waals surface area contributed by atoms with E-state index in [9.17, 15) is 8.42 Å². The van der Waals surface area contributed by atoms with E-state index >= 15 is 0 Å². The van der Waals surface area contributed by atoms with Crippen LogP contribution in [0.2, 0.25) is 0 Å². The van der Waals surface area contributed by atoms with Crippen LogP contribution in [0.3, 0.4) is 0 Å². The number of nitrogens with one attached hydrogen (secondary N) is 1. The molecule has 0 amide bonds. The van der Waals surface area contributed by atoms with Gasteiger partial charge in [-0.1, -0.05) is 34.1 Å². The van der Waals surface area contributed by atoms with E-state index in [0.717, 1.165) is 36.8 Å². The summed E-state index contributed by atoms with van der Waals surface area (Å²) in [6.45, 7) is 1.96. The Kier molecular flexibility index (Phi) is 4.81. The van der Waals surface area contributed by atoms with Crippen molar-refractivity contribution in [2.75, 3.05) is 20.1 Å². The predicted octanol–water partition coefficient (Wildman–Crippen LogP) is 4.31. The molecule has 5 nitrogen and oxygen atoms in total. The van der Waals surface area contributed by atoms with Gasteiger partial charge in [-0.15, -0.1) is 0 Å². The molecule has 3 heterocycles. The fourth-order valence-electron chi connectivity index (χ4n) is 4.89. The Bertz CT molecular complexity index is 1160. The second-order valence-electron chi connectivity index (χ2n) is 8.02. The molecule has 1 saturated heterocycles. The lowest BCUT2D eigenvalue weighted by Gasteiger charge is -2.44. The number of piperidine rings is 1. The van der Waals surface area contributed by atoms with Gasteiger partial charge in [-0.25, -0.2) is 8.42 Å². The lowest BCUT2D eigenvalue weighted by Crippen LogP contribution is -2.48. The van der Waals surface area contributed by atoms with Crippen LogP contribution in [0.5, 0.6) is 0 Å². The number of nitrogens with zero attached hydrogens (tertiary/aromatic N) is 2. The molecule has 2 aromatic carbocycles. The fourth-order valence-corrected chi connectivity index (χ4v) is 6.55. The molecule has 0 radical (unpaired) electrons. The number of sulfonamides is 1. The molecule has 0 unspecified atom stereocenters. The number of para-hydroxylation sites is 1. The van der Waals surface area contributed by atoms with Crippen LogP contribution in [0.15, 0.2) is 57.9 Å². The van der Waals surface area contributed by atoms with Gasteiger partial charge < -0.3 is 4.98 Å². The minimum atomic E-state index is -3.51. The maximum Gasteiger partial charge on any atom is 0.243 e. The Hall–Kier alpha value is -1.67. The van der Waals surface area contributed by atoms with Gasteiger partial charge in [0.05, 0.1) is 10.9 Å². The summed E-state index contributed by atoms with van der Waals surface area (Å²) < 4.78 is 28.8. The van der Waals surface area contributed by atoms with Gasteiger partial charge in [-0.05, 0) is 55.2 Å². The third kappa shape index (κ3) is 3.24. The number of rotatable bonds is 3. The summed E-state index contributed by atoms with van der Waals surface area (Å²) in [5.41, 5.74) is 3.86. The van der Waals surface area contributed by atoms with Crippen LogP contribution in [0.1, 0.15) is 30.1 Å². The van der Waals surface area contributed by atoms with Gasteiger partial charge in [0.2, 0.25) is 10.0 Å². The van der Waals surface area contributed by atoms with Crippen molar-refractivity contribution in [1.29, 1.82) is 0 Å². The Morgan fingerprint density at radius 2 is 1.86 bits per heavy atom. The molecule has 0 saturated carbocycles. The van der Waals surface area contributed by atoms with Crippen LogP contribution in [-0.4, -0.2) is 48.8 Å². The molecule has 29 heavy (non-hydrogen) atoms. The number of H-pyrrole nitrogens is 1. The smallest absolute Gasteiger partial charge is 0.243 e. The topological polar surface area (TPSA) is 56.4 Å². The van der Waals surface area contributed by atoms with E-state index in [1.54, 1.807) is 35.6 Å². The van der Waals surface area contributed by atoms with E-state index in [-0.39, 0.29) is 12.1 Å². The average Bonchev–Trinajstić information content (AvgIpc) is 3.12. The summed E-state index contributed by atoms with van der Waals surface area (Å²) >= 11 is 3.38. The first-order chi connectivity index (χ1) is 13.9. The molecule has 0 spiro atoms. The molecule has 1 aromatic heterocycles. The highest BCUT2D eigenvalue weighted by Gasteiger charge is 2.39. The minimum Gasteiger partial charge on any atom is -0.357 e. The third-order valence-corrected chi connectivity index (χ3v) is 8.97. The van der Waals surface area contributed by atoms with Crippen molar-refractivity contribution in [3.05, 3.63) is 64.3 Å². The van der Waals surface area contributed by atoms with Crippen molar-refractivity contribution in [1.82, 2.24) is 14.2 Å². The van der Waals surface area contributed by atoms with Gasteiger partial charge in [0.25, 0.3) is 0 Å².